The van der Waals surface area contributed by atoms with Crippen LogP contribution in [0.25, 0.3) is 0 Å². The summed E-state index contributed by atoms with van der Waals surface area (Å²) in [7, 11) is 0. The summed E-state index contributed by atoms with van der Waals surface area (Å²) in [6, 6.07) is 2.44. The fourth-order valence-corrected chi connectivity index (χ4v) is 4.71. The molecule has 0 spiro atoms. The van der Waals surface area contributed by atoms with Crippen molar-refractivity contribution in [3.05, 3.63) is 21.9 Å². The van der Waals surface area contributed by atoms with Gasteiger partial charge < -0.3 is 11.1 Å². The zero-order valence-electron chi connectivity index (χ0n) is 12.3. The van der Waals surface area contributed by atoms with Gasteiger partial charge in [-0.25, -0.2) is 0 Å². The fraction of sp³-hybridized carbons (Fsp3) is 0.688. The van der Waals surface area contributed by atoms with Crippen molar-refractivity contribution < 1.29 is 4.79 Å². The lowest BCUT2D eigenvalue weighted by atomic mass is 9.83. The van der Waals surface area contributed by atoms with Crippen molar-refractivity contribution in [3.8, 4) is 0 Å². The maximum absolute atomic E-state index is 12.6. The van der Waals surface area contributed by atoms with Crippen LogP contribution < -0.4 is 11.1 Å². The maximum atomic E-state index is 12.6. The molecule has 0 aliphatic heterocycles. The Hall–Kier alpha value is -0.580. The number of carbonyl (C=O) groups excluding carboxylic acids is 1. The number of hydrogen-bond donors (Lipinski definition) is 2. The zero-order valence-corrected chi connectivity index (χ0v) is 14.0. The first kappa shape index (κ1) is 16.8. The van der Waals surface area contributed by atoms with Crippen molar-refractivity contribution in [1.82, 2.24) is 5.32 Å². The Bertz CT molecular complexity index is 477. The Kier molecular flexibility index (Phi) is 6.08. The Labute approximate surface area is 137 Å². The molecule has 2 aliphatic rings. The Morgan fingerprint density at radius 1 is 1.29 bits per heavy atom. The minimum Gasteiger partial charge on any atom is -0.353 e. The summed E-state index contributed by atoms with van der Waals surface area (Å²) < 4.78 is 0. The van der Waals surface area contributed by atoms with E-state index in [1.165, 1.54) is 23.3 Å². The van der Waals surface area contributed by atoms with E-state index in [0.717, 1.165) is 32.1 Å². The van der Waals surface area contributed by atoms with Gasteiger partial charge in [0.1, 0.15) is 0 Å². The van der Waals surface area contributed by atoms with Crippen molar-refractivity contribution in [1.29, 1.82) is 0 Å². The molecule has 0 bridgehead atoms. The highest BCUT2D eigenvalue weighted by Gasteiger charge is 2.31. The minimum atomic E-state index is 0. The van der Waals surface area contributed by atoms with Crippen molar-refractivity contribution in [2.75, 3.05) is 6.54 Å². The van der Waals surface area contributed by atoms with Crippen LogP contribution >= 0.6 is 23.7 Å². The number of aryl methyl sites for hydroxylation is 1. The van der Waals surface area contributed by atoms with Crippen LogP contribution in [0.4, 0.5) is 0 Å². The van der Waals surface area contributed by atoms with Gasteiger partial charge in [0.05, 0.1) is 5.92 Å². The molecule has 1 amide bonds. The van der Waals surface area contributed by atoms with E-state index < -0.39 is 0 Å². The molecule has 1 saturated carbocycles. The number of nitrogens with one attached hydrogen (secondary N) is 1. The van der Waals surface area contributed by atoms with Gasteiger partial charge in [-0.2, -0.15) is 0 Å². The lowest BCUT2D eigenvalue weighted by Crippen LogP contribution is -2.46. The van der Waals surface area contributed by atoms with Crippen LogP contribution in [0.3, 0.4) is 0 Å². The van der Waals surface area contributed by atoms with Crippen LogP contribution in [-0.2, 0) is 11.2 Å². The molecule has 3 nitrogen and oxygen atoms in total. The molecule has 5 heteroatoms. The third kappa shape index (κ3) is 3.61. The van der Waals surface area contributed by atoms with Gasteiger partial charge in [-0.1, -0.05) is 12.8 Å². The monoisotopic (exact) mass is 328 g/mol. The van der Waals surface area contributed by atoms with E-state index in [1.54, 1.807) is 11.3 Å². The van der Waals surface area contributed by atoms with Gasteiger partial charge in [0.15, 0.2) is 0 Å². The van der Waals surface area contributed by atoms with Crippen LogP contribution in [0.1, 0.15) is 54.9 Å². The Morgan fingerprint density at radius 2 is 2.10 bits per heavy atom. The average Bonchev–Trinajstić information content (AvgIpc) is 2.96. The fourth-order valence-electron chi connectivity index (χ4n) is 3.72. The first-order chi connectivity index (χ1) is 9.79. The standard InChI is InChI=1S/C16H24N2OS.ClH/c17-10-11-4-1-2-6-14(11)18-16(19)13-5-3-7-15-12(13)8-9-20-15;/h8-9,11,13-14H,1-7,10,17H2,(H,18,19);1H. The molecule has 0 saturated heterocycles. The van der Waals surface area contributed by atoms with Gasteiger partial charge in [-0.05, 0) is 61.6 Å². The Balaban J connectivity index is 0.00000161. The molecule has 0 radical (unpaired) electrons. The number of halogens is 1. The lowest BCUT2D eigenvalue weighted by molar-refractivity contribution is -0.124. The minimum absolute atomic E-state index is 0. The van der Waals surface area contributed by atoms with Crippen LogP contribution in [0.2, 0.25) is 0 Å². The predicted molar refractivity (Wildman–Crippen MR) is 90.2 cm³/mol. The van der Waals surface area contributed by atoms with E-state index in [2.05, 4.69) is 16.8 Å². The van der Waals surface area contributed by atoms with Crippen molar-refractivity contribution in [3.63, 3.8) is 0 Å². The highest BCUT2D eigenvalue weighted by Crippen LogP contribution is 2.35. The van der Waals surface area contributed by atoms with Crippen molar-refractivity contribution in [2.45, 2.75) is 56.9 Å². The molecule has 2 aliphatic carbocycles. The lowest BCUT2D eigenvalue weighted by Gasteiger charge is -2.33. The summed E-state index contributed by atoms with van der Waals surface area (Å²) in [5, 5.41) is 5.43. The summed E-state index contributed by atoms with van der Waals surface area (Å²) in [5.74, 6) is 0.776. The molecule has 3 N–H and O–H groups in total. The highest BCUT2D eigenvalue weighted by molar-refractivity contribution is 7.10. The zero-order chi connectivity index (χ0) is 13.9. The molecule has 1 fully saturated rings. The van der Waals surface area contributed by atoms with Gasteiger partial charge >= 0.3 is 0 Å². The normalized spacial score (nSPS) is 28.3. The Morgan fingerprint density at radius 3 is 2.90 bits per heavy atom. The maximum Gasteiger partial charge on any atom is 0.227 e. The summed E-state index contributed by atoms with van der Waals surface area (Å²) >= 11 is 1.80. The van der Waals surface area contributed by atoms with Crippen molar-refractivity contribution >= 4 is 29.7 Å². The SMILES string of the molecule is Cl.NCC1CCCCC1NC(=O)C1CCCc2sccc21. The first-order valence-electron chi connectivity index (χ1n) is 7.86. The van der Waals surface area contributed by atoms with E-state index in [1.807, 2.05) is 0 Å². The second-order valence-electron chi connectivity index (χ2n) is 6.14. The third-order valence-corrected chi connectivity index (χ3v) is 5.90. The molecule has 21 heavy (non-hydrogen) atoms. The topological polar surface area (TPSA) is 55.1 Å². The van der Waals surface area contributed by atoms with Crippen LogP contribution in [0.15, 0.2) is 11.4 Å². The van der Waals surface area contributed by atoms with Gasteiger partial charge in [0.2, 0.25) is 5.91 Å². The smallest absolute Gasteiger partial charge is 0.227 e. The van der Waals surface area contributed by atoms with E-state index in [9.17, 15) is 4.79 Å². The number of rotatable bonds is 3. The van der Waals surface area contributed by atoms with E-state index in [4.69, 9.17) is 5.73 Å². The number of amides is 1. The molecule has 3 rings (SSSR count). The molecule has 3 atom stereocenters. The second-order valence-corrected chi connectivity index (χ2v) is 7.14. The molecule has 1 heterocycles. The van der Waals surface area contributed by atoms with Gasteiger partial charge in [0, 0.05) is 10.9 Å². The molecular weight excluding hydrogens is 304 g/mol. The predicted octanol–water partition coefficient (Wildman–Crippen LogP) is 3.22. The van der Waals surface area contributed by atoms with Crippen LogP contribution in [0, 0.1) is 5.92 Å². The van der Waals surface area contributed by atoms with E-state index >= 15 is 0 Å². The largest absolute Gasteiger partial charge is 0.353 e. The molecule has 1 aromatic rings. The van der Waals surface area contributed by atoms with Crippen LogP contribution in [0.5, 0.6) is 0 Å². The number of carbonyl (C=O) groups is 1. The number of hydrogen-bond acceptors (Lipinski definition) is 3. The van der Waals surface area contributed by atoms with E-state index in [0.29, 0.717) is 18.5 Å². The quantitative estimate of drug-likeness (QED) is 0.895. The highest BCUT2D eigenvalue weighted by atomic mass is 35.5. The number of nitrogens with two attached hydrogens (primary N) is 1. The molecule has 0 aromatic carbocycles. The van der Waals surface area contributed by atoms with E-state index in [-0.39, 0.29) is 24.2 Å². The number of fused-ring (bicyclic) bond motifs is 1. The third-order valence-electron chi connectivity index (χ3n) is 4.91. The molecule has 118 valence electrons. The molecule has 3 unspecified atom stereocenters. The summed E-state index contributed by atoms with van der Waals surface area (Å²) in [5.41, 5.74) is 7.13. The summed E-state index contributed by atoms with van der Waals surface area (Å²) in [6.45, 7) is 0.694. The summed E-state index contributed by atoms with van der Waals surface area (Å²) in [4.78, 5) is 14.1. The average molecular weight is 329 g/mol. The molecule has 1 aromatic heterocycles. The van der Waals surface area contributed by atoms with Gasteiger partial charge in [0.25, 0.3) is 0 Å². The van der Waals surface area contributed by atoms with Crippen LogP contribution in [-0.4, -0.2) is 18.5 Å². The molecular formula is C16H25ClN2OS. The van der Waals surface area contributed by atoms with Gasteiger partial charge in [-0.3, -0.25) is 4.79 Å². The number of thiophene rings is 1. The van der Waals surface area contributed by atoms with Gasteiger partial charge in [-0.15, -0.1) is 23.7 Å². The second kappa shape index (κ2) is 7.61. The van der Waals surface area contributed by atoms with Crippen molar-refractivity contribution in [2.24, 2.45) is 11.7 Å². The summed E-state index contributed by atoms with van der Waals surface area (Å²) in [6.07, 6.45) is 8.01. The first-order valence-corrected chi connectivity index (χ1v) is 8.74.